The van der Waals surface area contributed by atoms with Crippen LogP contribution in [0, 0.1) is 17.8 Å². The van der Waals surface area contributed by atoms with Crippen molar-refractivity contribution in [3.63, 3.8) is 0 Å². The summed E-state index contributed by atoms with van der Waals surface area (Å²) in [6.45, 7) is 9.04. The van der Waals surface area contributed by atoms with Gasteiger partial charge in [-0.25, -0.2) is 4.79 Å². The molecule has 23 heavy (non-hydrogen) atoms. The van der Waals surface area contributed by atoms with Crippen LogP contribution in [0.4, 0.5) is 0 Å². The molecule has 0 bridgehead atoms. The Kier molecular flexibility index (Phi) is 10.2. The van der Waals surface area contributed by atoms with Gasteiger partial charge in [-0.3, -0.25) is 9.59 Å². The van der Waals surface area contributed by atoms with Crippen LogP contribution in [0.2, 0.25) is 0 Å². The van der Waals surface area contributed by atoms with Gasteiger partial charge in [0.25, 0.3) is 0 Å². The van der Waals surface area contributed by atoms with Gasteiger partial charge in [0, 0.05) is 13.5 Å². The number of methoxy groups -OCH3 is 1. The average molecular weight is 330 g/mol. The summed E-state index contributed by atoms with van der Waals surface area (Å²) in [5.74, 6) is -0.568. The van der Waals surface area contributed by atoms with E-state index < -0.39 is 12.0 Å². The molecular weight excluding hydrogens is 300 g/mol. The molecule has 0 radical (unpaired) electrons. The Hall–Kier alpha value is -1.63. The number of amides is 1. The van der Waals surface area contributed by atoms with E-state index in [1.54, 1.807) is 0 Å². The van der Waals surface area contributed by atoms with E-state index in [2.05, 4.69) is 22.3 Å². The fraction of sp³-hybridized carbons (Fsp3) is 0.812. The monoisotopic (exact) mass is 330 g/mol. The second-order valence-corrected chi connectivity index (χ2v) is 6.32. The third kappa shape index (κ3) is 9.18. The first-order valence-electron chi connectivity index (χ1n) is 7.97. The van der Waals surface area contributed by atoms with Crippen molar-refractivity contribution in [2.75, 3.05) is 20.2 Å². The van der Waals surface area contributed by atoms with E-state index in [0.29, 0.717) is 12.3 Å². The zero-order chi connectivity index (χ0) is 18.0. The molecule has 0 aromatic carbocycles. The number of nitrogens with one attached hydrogen (secondary N) is 2. The van der Waals surface area contributed by atoms with E-state index in [0.717, 1.165) is 19.5 Å². The van der Waals surface area contributed by atoms with Crippen molar-refractivity contribution in [2.45, 2.75) is 46.6 Å². The summed E-state index contributed by atoms with van der Waals surface area (Å²) in [4.78, 5) is 32.2. The third-order valence-corrected chi connectivity index (χ3v) is 3.71. The molecule has 0 spiro atoms. The van der Waals surface area contributed by atoms with Crippen LogP contribution in [-0.4, -0.2) is 49.2 Å². The molecule has 0 aliphatic carbocycles. The summed E-state index contributed by atoms with van der Waals surface area (Å²) in [5.41, 5.74) is 0. The van der Waals surface area contributed by atoms with Gasteiger partial charge in [-0.15, -0.1) is 0 Å². The maximum absolute atomic E-state index is 11.1. The zero-order valence-corrected chi connectivity index (χ0v) is 14.7. The fourth-order valence-corrected chi connectivity index (χ4v) is 2.39. The van der Waals surface area contributed by atoms with Crippen LogP contribution >= 0.6 is 0 Å². The van der Waals surface area contributed by atoms with E-state index >= 15 is 0 Å². The summed E-state index contributed by atoms with van der Waals surface area (Å²) in [6.07, 6.45) is 1.54. The molecule has 0 aromatic rings. The predicted octanol–water partition coefficient (Wildman–Crippen LogP) is 1.03. The van der Waals surface area contributed by atoms with Crippen molar-refractivity contribution in [1.29, 1.82) is 0 Å². The van der Waals surface area contributed by atoms with Gasteiger partial charge in [0.1, 0.15) is 6.04 Å². The van der Waals surface area contributed by atoms with E-state index in [1.165, 1.54) is 14.0 Å². The second kappa shape index (κ2) is 11.0. The van der Waals surface area contributed by atoms with Crippen LogP contribution in [0.5, 0.6) is 0 Å². The minimum atomic E-state index is -0.973. The van der Waals surface area contributed by atoms with Gasteiger partial charge < -0.3 is 20.5 Å². The maximum atomic E-state index is 11.1. The average Bonchev–Trinajstić information content (AvgIpc) is 2.46. The lowest BCUT2D eigenvalue weighted by atomic mass is 9.88. The Morgan fingerprint density at radius 3 is 2.35 bits per heavy atom. The van der Waals surface area contributed by atoms with Crippen molar-refractivity contribution in [1.82, 2.24) is 10.6 Å². The summed E-state index contributed by atoms with van der Waals surface area (Å²) < 4.78 is 4.68. The summed E-state index contributed by atoms with van der Waals surface area (Å²) in [7, 11) is 1.45. The lowest BCUT2D eigenvalue weighted by Crippen LogP contribution is -2.40. The van der Waals surface area contributed by atoms with Crippen molar-refractivity contribution in [3.8, 4) is 0 Å². The normalized spacial score (nSPS) is 21.7. The highest BCUT2D eigenvalue weighted by Crippen LogP contribution is 2.19. The fourth-order valence-electron chi connectivity index (χ4n) is 2.39. The van der Waals surface area contributed by atoms with Crippen molar-refractivity contribution in [3.05, 3.63) is 0 Å². The van der Waals surface area contributed by atoms with Crippen molar-refractivity contribution in [2.24, 2.45) is 17.8 Å². The molecule has 134 valence electrons. The molecule has 1 fully saturated rings. The highest BCUT2D eigenvalue weighted by atomic mass is 16.5. The molecule has 3 N–H and O–H groups in total. The molecule has 0 saturated carbocycles. The maximum Gasteiger partial charge on any atom is 0.326 e. The topological polar surface area (TPSA) is 105 Å². The molecule has 1 heterocycles. The van der Waals surface area contributed by atoms with Crippen LogP contribution in [-0.2, 0) is 19.1 Å². The lowest BCUT2D eigenvalue weighted by molar-refractivity contribution is -0.147. The number of hydrogen-bond donors (Lipinski definition) is 3. The number of esters is 1. The van der Waals surface area contributed by atoms with E-state index in [-0.39, 0.29) is 23.7 Å². The molecule has 7 nitrogen and oxygen atoms in total. The van der Waals surface area contributed by atoms with Crippen LogP contribution in [0.25, 0.3) is 0 Å². The van der Waals surface area contributed by atoms with Gasteiger partial charge in [0.15, 0.2) is 0 Å². The molecule has 1 aliphatic heterocycles. The van der Waals surface area contributed by atoms with Crippen LogP contribution in [0.15, 0.2) is 0 Å². The van der Waals surface area contributed by atoms with Crippen LogP contribution < -0.4 is 10.6 Å². The standard InChI is InChI=1S/C8H15NO3.C8H15NO2/c1-5(2)4-7(8(11)12)9-6(3)10;1-6-3-4-9-5-7(6)8(10)11-2/h5,7H,4H2,1-3H3,(H,9,10)(H,11,12);6-7,9H,3-5H2,1-2H3/t7-;6-,7+/m00/s1. The van der Waals surface area contributed by atoms with Crippen molar-refractivity contribution >= 4 is 17.8 Å². The van der Waals surface area contributed by atoms with Gasteiger partial charge in [0.05, 0.1) is 13.0 Å². The summed E-state index contributed by atoms with van der Waals surface area (Å²) in [6, 6.07) is -0.748. The first-order chi connectivity index (χ1) is 10.7. The molecule has 1 amide bonds. The largest absolute Gasteiger partial charge is 0.480 e. The van der Waals surface area contributed by atoms with E-state index in [9.17, 15) is 14.4 Å². The minimum absolute atomic E-state index is 0.0637. The second-order valence-electron chi connectivity index (χ2n) is 6.32. The number of carboxylic acids is 1. The number of piperidine rings is 1. The molecule has 1 saturated heterocycles. The van der Waals surface area contributed by atoms with E-state index in [4.69, 9.17) is 5.11 Å². The Morgan fingerprint density at radius 2 is 1.96 bits per heavy atom. The molecule has 1 rings (SSSR count). The van der Waals surface area contributed by atoms with Gasteiger partial charge in [-0.1, -0.05) is 20.8 Å². The Bertz CT molecular complexity index is 398. The minimum Gasteiger partial charge on any atom is -0.480 e. The molecular formula is C16H30N2O5. The predicted molar refractivity (Wildman–Crippen MR) is 86.9 cm³/mol. The molecule has 0 aromatic heterocycles. The number of aliphatic carboxylic acids is 1. The Labute approximate surface area is 138 Å². The number of carboxylic acid groups (broad SMARTS) is 1. The van der Waals surface area contributed by atoms with Crippen molar-refractivity contribution < 1.29 is 24.2 Å². The molecule has 7 heteroatoms. The number of hydrogen-bond acceptors (Lipinski definition) is 5. The number of ether oxygens (including phenoxy) is 1. The number of carbonyl (C=O) groups excluding carboxylic acids is 2. The summed E-state index contributed by atoms with van der Waals surface area (Å²) >= 11 is 0. The SMILES string of the molecule is CC(=O)N[C@@H](CC(C)C)C(=O)O.COC(=O)[C@@H]1CNCC[C@@H]1C. The molecule has 1 aliphatic rings. The zero-order valence-electron chi connectivity index (χ0n) is 14.7. The smallest absolute Gasteiger partial charge is 0.326 e. The number of carbonyl (C=O) groups is 3. The van der Waals surface area contributed by atoms with Gasteiger partial charge in [0.2, 0.25) is 5.91 Å². The first-order valence-corrected chi connectivity index (χ1v) is 7.97. The highest BCUT2D eigenvalue weighted by molar-refractivity contribution is 5.82. The first kappa shape index (κ1) is 21.4. The van der Waals surface area contributed by atoms with E-state index in [1.807, 2.05) is 13.8 Å². The lowest BCUT2D eigenvalue weighted by Gasteiger charge is -2.26. The summed E-state index contributed by atoms with van der Waals surface area (Å²) in [5, 5.41) is 14.2. The third-order valence-electron chi connectivity index (χ3n) is 3.71. The molecule has 0 unspecified atom stereocenters. The van der Waals surface area contributed by atoms with Crippen LogP contribution in [0.1, 0.15) is 40.5 Å². The van der Waals surface area contributed by atoms with Gasteiger partial charge in [-0.05, 0) is 31.2 Å². The highest BCUT2D eigenvalue weighted by Gasteiger charge is 2.27. The van der Waals surface area contributed by atoms with Gasteiger partial charge >= 0.3 is 11.9 Å². The molecule has 3 atom stereocenters. The number of rotatable bonds is 5. The quantitative estimate of drug-likeness (QED) is 0.650. The Balaban J connectivity index is 0.000000422. The van der Waals surface area contributed by atoms with Gasteiger partial charge in [-0.2, -0.15) is 0 Å². The Morgan fingerprint density at radius 1 is 1.35 bits per heavy atom. The van der Waals surface area contributed by atoms with Crippen LogP contribution in [0.3, 0.4) is 0 Å².